The molecule has 4 aromatic rings. The van der Waals surface area contributed by atoms with Gasteiger partial charge in [-0.15, -0.1) is 0 Å². The summed E-state index contributed by atoms with van der Waals surface area (Å²) in [6.07, 6.45) is 1.67. The van der Waals surface area contributed by atoms with Gasteiger partial charge in [-0.05, 0) is 35.1 Å². The molecule has 6 heteroatoms. The minimum absolute atomic E-state index is 0.0481. The second-order valence-corrected chi connectivity index (χ2v) is 8.65. The van der Waals surface area contributed by atoms with Crippen LogP contribution in [0.3, 0.4) is 0 Å². The van der Waals surface area contributed by atoms with Crippen LogP contribution in [0.4, 0.5) is 11.4 Å². The normalized spacial score (nSPS) is 21.4. The van der Waals surface area contributed by atoms with Crippen molar-refractivity contribution in [2.75, 3.05) is 0 Å². The zero-order valence-corrected chi connectivity index (χ0v) is 18.3. The lowest BCUT2D eigenvalue weighted by atomic mass is 9.40. The van der Waals surface area contributed by atoms with Gasteiger partial charge in [0.25, 0.3) is 11.4 Å². The molecule has 2 unspecified atom stereocenters. The zero-order chi connectivity index (χ0) is 23.8. The first-order valence-electron chi connectivity index (χ1n) is 11.1. The first-order chi connectivity index (χ1) is 16.5. The average Bonchev–Trinajstić information content (AvgIpc) is 2.86. The Bertz CT molecular complexity index is 1230. The van der Waals surface area contributed by atoms with Crippen molar-refractivity contribution in [2.24, 2.45) is 0 Å². The van der Waals surface area contributed by atoms with Crippen molar-refractivity contribution in [1.82, 2.24) is 0 Å². The van der Waals surface area contributed by atoms with Crippen molar-refractivity contribution in [3.63, 3.8) is 0 Å². The van der Waals surface area contributed by atoms with Gasteiger partial charge >= 0.3 is 0 Å². The van der Waals surface area contributed by atoms with Crippen molar-refractivity contribution in [3.8, 4) is 0 Å². The summed E-state index contributed by atoms with van der Waals surface area (Å²) < 4.78 is 0. The van der Waals surface area contributed by atoms with Crippen LogP contribution in [0.5, 0.6) is 0 Å². The van der Waals surface area contributed by atoms with Gasteiger partial charge in [0.1, 0.15) is 0 Å². The molecule has 0 heterocycles. The monoisotopic (exact) mass is 450 g/mol. The topological polar surface area (TPSA) is 86.3 Å². The molecule has 0 amide bonds. The van der Waals surface area contributed by atoms with Gasteiger partial charge < -0.3 is 0 Å². The number of hydrogen-bond donors (Lipinski definition) is 0. The van der Waals surface area contributed by atoms with Crippen molar-refractivity contribution in [2.45, 2.75) is 23.7 Å². The minimum Gasteiger partial charge on any atom is -0.258 e. The fourth-order valence-corrected chi connectivity index (χ4v) is 5.70. The molecule has 0 bridgehead atoms. The van der Waals surface area contributed by atoms with Crippen LogP contribution in [0, 0.1) is 20.2 Å². The third kappa shape index (κ3) is 3.10. The van der Waals surface area contributed by atoms with Gasteiger partial charge in [0, 0.05) is 35.1 Å². The van der Waals surface area contributed by atoms with Gasteiger partial charge in [0.2, 0.25) is 0 Å². The highest BCUT2D eigenvalue weighted by molar-refractivity contribution is 5.60. The van der Waals surface area contributed by atoms with E-state index in [1.807, 2.05) is 60.7 Å². The largest absolute Gasteiger partial charge is 0.269 e. The van der Waals surface area contributed by atoms with E-state index in [9.17, 15) is 20.2 Å². The molecular formula is C28H22N2O4. The summed E-state index contributed by atoms with van der Waals surface area (Å²) >= 11 is 0. The van der Waals surface area contributed by atoms with E-state index in [0.717, 1.165) is 35.1 Å². The number of benzene rings is 4. The van der Waals surface area contributed by atoms with Crippen LogP contribution in [0.1, 0.15) is 35.1 Å². The molecule has 1 saturated carbocycles. The first-order valence-corrected chi connectivity index (χ1v) is 11.1. The van der Waals surface area contributed by atoms with Crippen LogP contribution in [-0.4, -0.2) is 9.85 Å². The molecule has 4 aromatic carbocycles. The number of nitrogens with zero attached hydrogens (tertiary/aromatic N) is 2. The van der Waals surface area contributed by atoms with Crippen LogP contribution in [0.15, 0.2) is 109 Å². The maximum Gasteiger partial charge on any atom is 0.269 e. The SMILES string of the molecule is O=[N+]([O-])c1ccc(C2(c3ccccc3)CCC2(c2ccccc2)c2ccc([N+](=O)[O-])cc2)cc1. The molecule has 2 atom stereocenters. The van der Waals surface area contributed by atoms with Gasteiger partial charge in [-0.1, -0.05) is 84.9 Å². The second-order valence-electron chi connectivity index (χ2n) is 8.65. The van der Waals surface area contributed by atoms with Crippen molar-refractivity contribution >= 4 is 11.4 Å². The third-order valence-electron chi connectivity index (χ3n) is 7.28. The van der Waals surface area contributed by atoms with Crippen LogP contribution in [-0.2, 0) is 10.8 Å². The number of nitro groups is 2. The molecule has 0 aliphatic heterocycles. The number of rotatable bonds is 6. The molecule has 5 rings (SSSR count). The van der Waals surface area contributed by atoms with E-state index in [0.29, 0.717) is 0 Å². The summed E-state index contributed by atoms with van der Waals surface area (Å²) in [7, 11) is 0. The van der Waals surface area contributed by atoms with E-state index in [2.05, 4.69) is 24.3 Å². The molecule has 0 saturated heterocycles. The Labute approximate surface area is 196 Å². The highest BCUT2D eigenvalue weighted by Gasteiger charge is 2.62. The lowest BCUT2D eigenvalue weighted by Gasteiger charge is -2.61. The second kappa shape index (κ2) is 8.23. The summed E-state index contributed by atoms with van der Waals surface area (Å²) in [5, 5.41) is 22.6. The third-order valence-corrected chi connectivity index (χ3v) is 7.28. The number of non-ortho nitro benzene ring substituents is 2. The van der Waals surface area contributed by atoms with E-state index in [1.165, 1.54) is 0 Å². The van der Waals surface area contributed by atoms with Crippen LogP contribution in [0.2, 0.25) is 0 Å². The highest BCUT2D eigenvalue weighted by atomic mass is 16.6. The zero-order valence-electron chi connectivity index (χ0n) is 18.3. The molecule has 6 nitrogen and oxygen atoms in total. The van der Waals surface area contributed by atoms with Gasteiger partial charge in [-0.3, -0.25) is 20.2 Å². The predicted molar refractivity (Wildman–Crippen MR) is 130 cm³/mol. The van der Waals surface area contributed by atoms with E-state index < -0.39 is 10.8 Å². The Morgan fingerprint density at radius 3 is 1.03 bits per heavy atom. The summed E-state index contributed by atoms with van der Waals surface area (Å²) in [4.78, 5) is 21.9. The Kier molecular flexibility index (Phi) is 5.21. The fraction of sp³-hybridized carbons (Fsp3) is 0.143. The fourth-order valence-electron chi connectivity index (χ4n) is 5.70. The minimum atomic E-state index is -0.499. The van der Waals surface area contributed by atoms with Gasteiger partial charge in [0.15, 0.2) is 0 Å². The predicted octanol–water partition coefficient (Wildman–Crippen LogP) is 6.57. The summed E-state index contributed by atoms with van der Waals surface area (Å²) in [6.45, 7) is 0. The Morgan fingerprint density at radius 1 is 0.471 bits per heavy atom. The Balaban J connectivity index is 1.80. The molecule has 1 aliphatic carbocycles. The molecule has 0 spiro atoms. The van der Waals surface area contributed by atoms with Crippen LogP contribution < -0.4 is 0 Å². The summed E-state index contributed by atoms with van der Waals surface area (Å²) in [5.41, 5.74) is 3.28. The smallest absolute Gasteiger partial charge is 0.258 e. The van der Waals surface area contributed by atoms with Crippen molar-refractivity contribution in [3.05, 3.63) is 152 Å². The molecule has 1 aliphatic rings. The Hall–Kier alpha value is -4.32. The van der Waals surface area contributed by atoms with Crippen molar-refractivity contribution in [1.29, 1.82) is 0 Å². The summed E-state index contributed by atoms with van der Waals surface area (Å²) in [5.74, 6) is 0. The van der Waals surface area contributed by atoms with E-state index >= 15 is 0 Å². The maximum absolute atomic E-state index is 11.3. The van der Waals surface area contributed by atoms with Crippen molar-refractivity contribution < 1.29 is 9.85 Å². The van der Waals surface area contributed by atoms with Gasteiger partial charge in [0.05, 0.1) is 9.85 Å². The summed E-state index contributed by atoms with van der Waals surface area (Å²) in [6, 6.07) is 34.0. The highest BCUT2D eigenvalue weighted by Crippen LogP contribution is 2.65. The molecule has 0 aromatic heterocycles. The lowest BCUT2D eigenvalue weighted by molar-refractivity contribution is -0.385. The number of nitro benzene ring substituents is 2. The van der Waals surface area contributed by atoms with Crippen LogP contribution in [0.25, 0.3) is 0 Å². The maximum atomic E-state index is 11.3. The number of hydrogen-bond acceptors (Lipinski definition) is 4. The molecular weight excluding hydrogens is 428 g/mol. The molecule has 1 fully saturated rings. The quantitative estimate of drug-likeness (QED) is 0.246. The average molecular weight is 450 g/mol. The lowest BCUT2D eigenvalue weighted by Crippen LogP contribution is -2.59. The van der Waals surface area contributed by atoms with E-state index in [4.69, 9.17) is 0 Å². The van der Waals surface area contributed by atoms with E-state index in [-0.39, 0.29) is 21.2 Å². The van der Waals surface area contributed by atoms with Crippen LogP contribution >= 0.6 is 0 Å². The Morgan fingerprint density at radius 2 is 0.765 bits per heavy atom. The van der Waals surface area contributed by atoms with Gasteiger partial charge in [-0.25, -0.2) is 0 Å². The van der Waals surface area contributed by atoms with Gasteiger partial charge in [-0.2, -0.15) is 0 Å². The first kappa shape index (κ1) is 21.5. The molecule has 34 heavy (non-hydrogen) atoms. The molecule has 0 N–H and O–H groups in total. The standard InChI is InChI=1S/C28H22N2O4/c31-29(32)25-15-11-23(12-16-25)27(21-7-3-1-4-8-21)19-20-28(27,22-9-5-2-6-10-22)24-13-17-26(18-14-24)30(33)34/h1-18H,19-20H2. The van der Waals surface area contributed by atoms with E-state index in [1.54, 1.807) is 24.3 Å². The molecule has 0 radical (unpaired) electrons. The molecule has 168 valence electrons.